The molecule has 1 amide bonds. The molecule has 1 N–H and O–H groups in total. The molecule has 304 valence electrons. The maximum atomic E-state index is 12.4. The summed E-state index contributed by atoms with van der Waals surface area (Å²) >= 11 is 0. The number of nitrogens with zero attached hydrogens (tertiary/aromatic N) is 2. The SMILES string of the molecule is CC(=O)N(C1Cc2ccccc2C1)C1CC(=O)c2ccccc21.CCN(CC)CC.CCOOCOC.O=C1CC(NC2Cc3ccccc3C2)c2ccccc21. The van der Waals surface area contributed by atoms with Gasteiger partial charge in [0.1, 0.15) is 0 Å². The van der Waals surface area contributed by atoms with Crippen molar-refractivity contribution in [2.45, 2.75) is 97.3 Å². The Morgan fingerprint density at radius 2 is 1.11 bits per heavy atom. The van der Waals surface area contributed by atoms with Crippen molar-refractivity contribution in [1.29, 1.82) is 0 Å². The van der Waals surface area contributed by atoms with Crippen LogP contribution in [0.1, 0.15) is 114 Å². The number of Topliss-reactive ketones (excluding diaryl/α,β-unsaturated/α-hetero) is 2. The zero-order chi connectivity index (χ0) is 40.7. The third kappa shape index (κ3) is 11.3. The zero-order valence-corrected chi connectivity index (χ0v) is 34.7. The molecule has 2 unspecified atom stereocenters. The molecule has 0 aromatic heterocycles. The minimum Gasteiger partial charge on any atom is -0.355 e. The van der Waals surface area contributed by atoms with Crippen molar-refractivity contribution in [3.8, 4) is 0 Å². The number of carbonyl (C=O) groups is 3. The summed E-state index contributed by atoms with van der Waals surface area (Å²) in [6.07, 6.45) is 4.91. The van der Waals surface area contributed by atoms with Crippen molar-refractivity contribution >= 4 is 17.5 Å². The van der Waals surface area contributed by atoms with Gasteiger partial charge < -0.3 is 19.9 Å². The van der Waals surface area contributed by atoms with Crippen LogP contribution in [0.4, 0.5) is 0 Å². The van der Waals surface area contributed by atoms with E-state index in [1.807, 2.05) is 66.4 Å². The lowest BCUT2D eigenvalue weighted by molar-refractivity contribution is -0.329. The summed E-state index contributed by atoms with van der Waals surface area (Å²) in [7, 11) is 1.54. The van der Waals surface area contributed by atoms with Gasteiger partial charge in [-0.05, 0) is 85.6 Å². The van der Waals surface area contributed by atoms with E-state index in [2.05, 4.69) is 88.0 Å². The number of hydrogen-bond donors (Lipinski definition) is 1. The number of nitrogens with one attached hydrogen (secondary N) is 1. The number of rotatable bonds is 11. The molecule has 0 radical (unpaired) electrons. The van der Waals surface area contributed by atoms with Crippen LogP contribution in [0.2, 0.25) is 0 Å². The van der Waals surface area contributed by atoms with Crippen molar-refractivity contribution in [2.75, 3.05) is 40.1 Å². The second-order valence-corrected chi connectivity index (χ2v) is 14.8. The Labute approximate surface area is 339 Å². The molecule has 0 spiro atoms. The summed E-state index contributed by atoms with van der Waals surface area (Å²) in [6.45, 7) is 14.3. The minimum atomic E-state index is -0.115. The Kier molecular flexibility index (Phi) is 16.7. The van der Waals surface area contributed by atoms with Crippen LogP contribution in [-0.2, 0) is 45.0 Å². The van der Waals surface area contributed by atoms with Crippen LogP contribution in [0.15, 0.2) is 97.1 Å². The first-order valence-corrected chi connectivity index (χ1v) is 20.6. The molecule has 0 aliphatic heterocycles. The van der Waals surface area contributed by atoms with Crippen molar-refractivity contribution in [3.63, 3.8) is 0 Å². The molecule has 4 aromatic rings. The molecule has 2 atom stereocenters. The average Bonchev–Trinajstić information content (AvgIpc) is 4.00. The molecule has 0 bridgehead atoms. The lowest BCUT2D eigenvalue weighted by atomic mass is 10.0. The van der Waals surface area contributed by atoms with Gasteiger partial charge in [-0.3, -0.25) is 14.4 Å². The second kappa shape index (κ2) is 21.9. The number of fused-ring (bicyclic) bond motifs is 4. The van der Waals surface area contributed by atoms with Gasteiger partial charge in [-0.25, -0.2) is 9.78 Å². The van der Waals surface area contributed by atoms with E-state index in [1.54, 1.807) is 14.0 Å². The maximum Gasteiger partial charge on any atom is 0.220 e. The summed E-state index contributed by atoms with van der Waals surface area (Å²) in [5.41, 5.74) is 9.39. The predicted molar refractivity (Wildman–Crippen MR) is 225 cm³/mol. The number of ketones is 2. The molecule has 0 heterocycles. The molecule has 8 rings (SSSR count). The van der Waals surface area contributed by atoms with Gasteiger partial charge in [0.15, 0.2) is 18.4 Å². The molecule has 57 heavy (non-hydrogen) atoms. The Morgan fingerprint density at radius 1 is 0.632 bits per heavy atom. The second-order valence-electron chi connectivity index (χ2n) is 14.8. The molecule has 4 aliphatic carbocycles. The number of hydrogen-bond acceptors (Lipinski definition) is 8. The number of benzene rings is 4. The number of methoxy groups -OCH3 is 1. The fourth-order valence-electron chi connectivity index (χ4n) is 8.55. The van der Waals surface area contributed by atoms with E-state index in [0.29, 0.717) is 25.5 Å². The predicted octanol–water partition coefficient (Wildman–Crippen LogP) is 8.31. The highest BCUT2D eigenvalue weighted by molar-refractivity contribution is 6.02. The van der Waals surface area contributed by atoms with Crippen molar-refractivity contribution in [3.05, 3.63) is 142 Å². The Balaban J connectivity index is 0.000000165. The van der Waals surface area contributed by atoms with Crippen molar-refractivity contribution in [2.24, 2.45) is 0 Å². The monoisotopic (exact) mass is 775 g/mol. The third-order valence-electron chi connectivity index (χ3n) is 11.3. The maximum absolute atomic E-state index is 12.4. The molecular formula is C48H61N3O6. The van der Waals surface area contributed by atoms with Gasteiger partial charge in [0.05, 0.1) is 12.6 Å². The highest BCUT2D eigenvalue weighted by Gasteiger charge is 2.39. The average molecular weight is 776 g/mol. The van der Waals surface area contributed by atoms with E-state index in [0.717, 1.165) is 42.4 Å². The molecule has 9 heteroatoms. The summed E-state index contributed by atoms with van der Waals surface area (Å²) in [6, 6.07) is 33.4. The number of amides is 1. The molecule has 4 aromatic carbocycles. The molecule has 0 fully saturated rings. The van der Waals surface area contributed by atoms with Crippen LogP contribution in [0.3, 0.4) is 0 Å². The summed E-state index contributed by atoms with van der Waals surface area (Å²) < 4.78 is 4.50. The van der Waals surface area contributed by atoms with Gasteiger partial charge >= 0.3 is 0 Å². The smallest absolute Gasteiger partial charge is 0.220 e. The largest absolute Gasteiger partial charge is 0.355 e. The van der Waals surface area contributed by atoms with Crippen LogP contribution in [0.25, 0.3) is 0 Å². The Bertz CT molecular complexity index is 1870. The summed E-state index contributed by atoms with van der Waals surface area (Å²) in [4.78, 5) is 49.9. The first-order chi connectivity index (χ1) is 27.7. The molecule has 9 nitrogen and oxygen atoms in total. The van der Waals surface area contributed by atoms with Crippen LogP contribution in [0.5, 0.6) is 0 Å². The number of ether oxygens (including phenoxy) is 1. The van der Waals surface area contributed by atoms with Gasteiger partial charge in [0, 0.05) is 56.1 Å². The normalized spacial score (nSPS) is 17.7. The topological polar surface area (TPSA) is 97.4 Å². The van der Waals surface area contributed by atoms with E-state index in [4.69, 9.17) is 0 Å². The van der Waals surface area contributed by atoms with E-state index in [1.165, 1.54) is 47.5 Å². The van der Waals surface area contributed by atoms with Gasteiger partial charge in [0.2, 0.25) is 5.91 Å². The van der Waals surface area contributed by atoms with E-state index in [9.17, 15) is 14.4 Å². The van der Waals surface area contributed by atoms with Gasteiger partial charge in [-0.2, -0.15) is 0 Å². The van der Waals surface area contributed by atoms with E-state index < -0.39 is 0 Å². The number of carbonyl (C=O) groups excluding carboxylic acids is 3. The quantitative estimate of drug-likeness (QED) is 0.0704. The minimum absolute atomic E-state index is 0.0531. The van der Waals surface area contributed by atoms with E-state index in [-0.39, 0.29) is 42.4 Å². The third-order valence-corrected chi connectivity index (χ3v) is 11.3. The highest BCUT2D eigenvalue weighted by Crippen LogP contribution is 2.39. The van der Waals surface area contributed by atoms with E-state index >= 15 is 0 Å². The first-order valence-electron chi connectivity index (χ1n) is 20.6. The molecule has 0 saturated carbocycles. The van der Waals surface area contributed by atoms with Crippen LogP contribution >= 0.6 is 0 Å². The Morgan fingerprint density at radius 3 is 1.60 bits per heavy atom. The van der Waals surface area contributed by atoms with Crippen molar-refractivity contribution < 1.29 is 28.9 Å². The lowest BCUT2D eigenvalue weighted by Crippen LogP contribution is -2.41. The van der Waals surface area contributed by atoms with Crippen molar-refractivity contribution in [1.82, 2.24) is 15.1 Å². The van der Waals surface area contributed by atoms with Gasteiger partial charge in [-0.15, -0.1) is 0 Å². The fourth-order valence-corrected chi connectivity index (χ4v) is 8.55. The summed E-state index contributed by atoms with van der Waals surface area (Å²) in [5.74, 6) is 0.471. The standard InChI is InChI=1S/C20H19NO2.C18H17NO.C6H15N.C4H10O3/c1-13(22)21(16-10-14-6-2-3-7-15(14)11-16)19-12-20(23)18-9-5-4-8-17(18)19;20-18-11-17(15-7-3-4-8-16(15)18)19-14-9-12-5-1-2-6-13(12)10-14;1-4-7(5-2)6-3;1-3-6-7-4-5-2/h2-9,16,19H,10-12H2,1H3;1-8,14,17,19H,9-11H2;4-6H2,1-3H3;3-4H2,1-2H3. The molecular weight excluding hydrogens is 715 g/mol. The Hall–Kier alpha value is -4.51. The fraction of sp³-hybridized carbons (Fsp3) is 0.438. The van der Waals surface area contributed by atoms with Crippen LogP contribution in [0, 0.1) is 0 Å². The first kappa shape index (κ1) is 43.6. The van der Waals surface area contributed by atoms with Crippen LogP contribution in [-0.4, -0.2) is 79.5 Å². The summed E-state index contributed by atoms with van der Waals surface area (Å²) in [5, 5.41) is 3.69. The zero-order valence-electron chi connectivity index (χ0n) is 34.7. The van der Waals surface area contributed by atoms with Crippen LogP contribution < -0.4 is 5.32 Å². The highest BCUT2D eigenvalue weighted by atomic mass is 17.2. The van der Waals surface area contributed by atoms with Gasteiger partial charge in [-0.1, -0.05) is 118 Å². The van der Waals surface area contributed by atoms with Gasteiger partial charge in [0.25, 0.3) is 0 Å². The molecule has 0 saturated heterocycles. The molecule has 4 aliphatic rings. The lowest BCUT2D eigenvalue weighted by Gasteiger charge is -2.34.